The molecule has 3 rings (SSSR count). The molecule has 2 aromatic carbocycles. The monoisotopic (exact) mass is 239 g/mol. The first-order valence-electron chi connectivity index (χ1n) is 6.38. The van der Waals surface area contributed by atoms with Crippen LogP contribution in [-0.4, -0.2) is 0 Å². The van der Waals surface area contributed by atoms with Crippen LogP contribution in [0.2, 0.25) is 0 Å². The van der Waals surface area contributed by atoms with E-state index >= 15 is 0 Å². The third kappa shape index (κ3) is 2.24. The van der Waals surface area contributed by atoms with Crippen LogP contribution >= 0.6 is 0 Å². The lowest BCUT2D eigenvalue weighted by molar-refractivity contribution is 0.306. The van der Waals surface area contributed by atoms with Crippen molar-refractivity contribution in [3.8, 4) is 5.75 Å². The lowest BCUT2D eigenvalue weighted by Crippen LogP contribution is -2.05. The summed E-state index contributed by atoms with van der Waals surface area (Å²) >= 11 is 0. The van der Waals surface area contributed by atoms with Crippen molar-refractivity contribution in [2.75, 3.05) is 0 Å². The molecule has 1 aliphatic rings. The first kappa shape index (κ1) is 11.3. The quantitative estimate of drug-likeness (QED) is 0.892. The Hall–Kier alpha value is -1.80. The van der Waals surface area contributed by atoms with Gasteiger partial charge in [-0.2, -0.15) is 0 Å². The Morgan fingerprint density at radius 1 is 1.11 bits per heavy atom. The number of fused-ring (bicyclic) bond motifs is 1. The summed E-state index contributed by atoms with van der Waals surface area (Å²) < 4.78 is 5.81. The van der Waals surface area contributed by atoms with E-state index in [-0.39, 0.29) is 6.04 Å². The maximum Gasteiger partial charge on any atom is 0.120 e. The predicted molar refractivity (Wildman–Crippen MR) is 72.5 cm³/mol. The van der Waals surface area contributed by atoms with Crippen LogP contribution in [0.3, 0.4) is 0 Å². The molecule has 0 heterocycles. The van der Waals surface area contributed by atoms with Crippen molar-refractivity contribution >= 4 is 0 Å². The molecule has 2 nitrogen and oxygen atoms in total. The second-order valence-corrected chi connectivity index (χ2v) is 4.78. The number of hydrogen-bond donors (Lipinski definition) is 1. The van der Waals surface area contributed by atoms with Crippen LogP contribution in [0, 0.1) is 0 Å². The average molecular weight is 239 g/mol. The summed E-state index contributed by atoms with van der Waals surface area (Å²) in [6.07, 6.45) is 2.15. The van der Waals surface area contributed by atoms with Crippen LogP contribution in [0.25, 0.3) is 0 Å². The zero-order valence-corrected chi connectivity index (χ0v) is 10.3. The summed E-state index contributed by atoms with van der Waals surface area (Å²) in [6, 6.07) is 16.7. The predicted octanol–water partition coefficient (Wildman–Crippen LogP) is 3.21. The van der Waals surface area contributed by atoms with Crippen molar-refractivity contribution in [3.63, 3.8) is 0 Å². The third-order valence-corrected chi connectivity index (χ3v) is 3.49. The fourth-order valence-electron chi connectivity index (χ4n) is 2.44. The summed E-state index contributed by atoms with van der Waals surface area (Å²) in [5.41, 5.74) is 9.87. The number of benzene rings is 2. The fraction of sp³-hybridized carbons (Fsp3) is 0.250. The van der Waals surface area contributed by atoms with Crippen LogP contribution in [-0.2, 0) is 13.0 Å². The van der Waals surface area contributed by atoms with Crippen LogP contribution < -0.4 is 10.5 Å². The molecule has 0 fully saturated rings. The van der Waals surface area contributed by atoms with E-state index in [0.29, 0.717) is 6.61 Å². The van der Waals surface area contributed by atoms with Gasteiger partial charge in [0, 0.05) is 6.04 Å². The fourth-order valence-corrected chi connectivity index (χ4v) is 2.44. The summed E-state index contributed by atoms with van der Waals surface area (Å²) in [4.78, 5) is 0. The van der Waals surface area contributed by atoms with Crippen LogP contribution in [0.5, 0.6) is 5.75 Å². The molecule has 0 radical (unpaired) electrons. The smallest absolute Gasteiger partial charge is 0.120 e. The molecule has 0 aliphatic heterocycles. The van der Waals surface area contributed by atoms with Crippen molar-refractivity contribution in [3.05, 3.63) is 65.2 Å². The van der Waals surface area contributed by atoms with Crippen molar-refractivity contribution in [2.45, 2.75) is 25.5 Å². The lowest BCUT2D eigenvalue weighted by atomic mass is 10.1. The van der Waals surface area contributed by atoms with Gasteiger partial charge in [-0.1, -0.05) is 36.4 Å². The molecule has 2 N–H and O–H groups in total. The first-order chi connectivity index (χ1) is 8.83. The normalized spacial score (nSPS) is 17.5. The third-order valence-electron chi connectivity index (χ3n) is 3.49. The summed E-state index contributed by atoms with van der Waals surface area (Å²) in [5.74, 6) is 0.912. The largest absolute Gasteiger partial charge is 0.489 e. The van der Waals surface area contributed by atoms with Gasteiger partial charge in [0.15, 0.2) is 0 Å². The maximum absolute atomic E-state index is 6.07. The first-order valence-corrected chi connectivity index (χ1v) is 6.38. The van der Waals surface area contributed by atoms with E-state index in [9.17, 15) is 0 Å². The highest BCUT2D eigenvalue weighted by molar-refractivity contribution is 5.40. The molecule has 1 aliphatic carbocycles. The van der Waals surface area contributed by atoms with E-state index in [4.69, 9.17) is 10.5 Å². The van der Waals surface area contributed by atoms with Crippen LogP contribution in [0.15, 0.2) is 48.5 Å². The van der Waals surface area contributed by atoms with Gasteiger partial charge in [-0.15, -0.1) is 0 Å². The SMILES string of the molecule is NC1CCc2ccc(OCc3ccccc3)cc21. The molecule has 0 saturated carbocycles. The van der Waals surface area contributed by atoms with E-state index in [1.54, 1.807) is 0 Å². The minimum absolute atomic E-state index is 0.181. The molecule has 1 atom stereocenters. The van der Waals surface area contributed by atoms with E-state index in [1.807, 2.05) is 24.3 Å². The maximum atomic E-state index is 6.07. The summed E-state index contributed by atoms with van der Waals surface area (Å²) in [6.45, 7) is 0.606. The molecular formula is C16H17NO. The molecule has 0 saturated heterocycles. The van der Waals surface area contributed by atoms with Crippen molar-refractivity contribution in [1.29, 1.82) is 0 Å². The van der Waals surface area contributed by atoms with Crippen LogP contribution in [0.1, 0.15) is 29.2 Å². The average Bonchev–Trinajstić information content (AvgIpc) is 2.79. The van der Waals surface area contributed by atoms with Gasteiger partial charge in [0.2, 0.25) is 0 Å². The molecule has 2 heteroatoms. The topological polar surface area (TPSA) is 35.2 Å². The van der Waals surface area contributed by atoms with Crippen LogP contribution in [0.4, 0.5) is 0 Å². The van der Waals surface area contributed by atoms with Gasteiger partial charge in [-0.3, -0.25) is 0 Å². The lowest BCUT2D eigenvalue weighted by Gasteiger charge is -2.10. The van der Waals surface area contributed by atoms with Gasteiger partial charge in [0.25, 0.3) is 0 Å². The summed E-state index contributed by atoms with van der Waals surface area (Å²) in [5, 5.41) is 0. The van der Waals surface area contributed by atoms with Gasteiger partial charge >= 0.3 is 0 Å². The van der Waals surface area contributed by atoms with Gasteiger partial charge in [-0.05, 0) is 41.7 Å². The van der Waals surface area contributed by atoms with Gasteiger partial charge in [0.1, 0.15) is 12.4 Å². The highest BCUT2D eigenvalue weighted by atomic mass is 16.5. The van der Waals surface area contributed by atoms with E-state index in [0.717, 1.165) is 18.6 Å². The molecule has 0 spiro atoms. The molecule has 2 aromatic rings. The number of aryl methyl sites for hydroxylation is 1. The van der Waals surface area contributed by atoms with Crippen molar-refractivity contribution in [1.82, 2.24) is 0 Å². The molecule has 92 valence electrons. The molecule has 0 amide bonds. The summed E-state index contributed by atoms with van der Waals surface area (Å²) in [7, 11) is 0. The van der Waals surface area contributed by atoms with Crippen molar-refractivity contribution < 1.29 is 4.74 Å². The number of ether oxygens (including phenoxy) is 1. The Kier molecular flexibility index (Phi) is 3.03. The highest BCUT2D eigenvalue weighted by Gasteiger charge is 2.19. The Balaban J connectivity index is 1.72. The number of rotatable bonds is 3. The van der Waals surface area contributed by atoms with Crippen molar-refractivity contribution in [2.24, 2.45) is 5.73 Å². The van der Waals surface area contributed by atoms with Gasteiger partial charge < -0.3 is 10.5 Å². The minimum Gasteiger partial charge on any atom is -0.489 e. The highest BCUT2D eigenvalue weighted by Crippen LogP contribution is 2.32. The van der Waals surface area contributed by atoms with Gasteiger partial charge in [0.05, 0.1) is 0 Å². The van der Waals surface area contributed by atoms with E-state index in [2.05, 4.69) is 24.3 Å². The molecule has 0 aromatic heterocycles. The Bertz CT molecular complexity index is 536. The molecule has 1 unspecified atom stereocenters. The van der Waals surface area contributed by atoms with E-state index < -0.39 is 0 Å². The standard InChI is InChI=1S/C16H17NO/c17-16-9-7-13-6-8-14(10-15(13)16)18-11-12-4-2-1-3-5-12/h1-6,8,10,16H,7,9,11,17H2. The number of nitrogens with two attached hydrogens (primary N) is 1. The zero-order chi connectivity index (χ0) is 12.4. The van der Waals surface area contributed by atoms with Gasteiger partial charge in [-0.25, -0.2) is 0 Å². The Morgan fingerprint density at radius 3 is 2.78 bits per heavy atom. The molecular weight excluding hydrogens is 222 g/mol. The van der Waals surface area contributed by atoms with E-state index in [1.165, 1.54) is 16.7 Å². The number of hydrogen-bond acceptors (Lipinski definition) is 2. The second kappa shape index (κ2) is 4.83. The second-order valence-electron chi connectivity index (χ2n) is 4.78. The molecule has 0 bridgehead atoms. The Morgan fingerprint density at radius 2 is 1.94 bits per heavy atom. The zero-order valence-electron chi connectivity index (χ0n) is 10.3. The molecule has 18 heavy (non-hydrogen) atoms. The minimum atomic E-state index is 0.181. The Labute approximate surface area is 107 Å².